The van der Waals surface area contributed by atoms with Crippen molar-refractivity contribution in [1.82, 2.24) is 9.97 Å². The first kappa shape index (κ1) is 14.2. The molecule has 0 aromatic carbocycles. The number of rotatable bonds is 4. The highest BCUT2D eigenvalue weighted by atomic mass is 79.9. The van der Waals surface area contributed by atoms with Gasteiger partial charge in [0.1, 0.15) is 5.15 Å². The summed E-state index contributed by atoms with van der Waals surface area (Å²) in [5, 5.41) is 11.2. The molecule has 0 unspecified atom stereocenters. The summed E-state index contributed by atoms with van der Waals surface area (Å²) in [6, 6.07) is 2.75. The van der Waals surface area contributed by atoms with Crippen LogP contribution < -0.4 is 4.90 Å². The number of pyridine rings is 1. The van der Waals surface area contributed by atoms with Gasteiger partial charge < -0.3 is 4.90 Å². The van der Waals surface area contributed by atoms with Gasteiger partial charge in [0.25, 0.3) is 0 Å². The van der Waals surface area contributed by atoms with Crippen LogP contribution in [0.4, 0.5) is 11.5 Å². The number of halogens is 2. The minimum atomic E-state index is -0.474. The quantitative estimate of drug-likeness (QED) is 0.472. The fourth-order valence-corrected chi connectivity index (χ4v) is 3.06. The maximum Gasteiger partial charge on any atom is 0.311 e. The molecule has 0 atom stereocenters. The van der Waals surface area contributed by atoms with Gasteiger partial charge in [-0.1, -0.05) is 11.6 Å². The molecule has 2 aromatic heterocycles. The fraction of sp³-hybridized carbons (Fsp3) is 0.200. The van der Waals surface area contributed by atoms with Gasteiger partial charge in [-0.25, -0.2) is 9.97 Å². The molecule has 2 rings (SSSR count). The van der Waals surface area contributed by atoms with Crippen LogP contribution in [0.2, 0.25) is 5.15 Å². The van der Waals surface area contributed by atoms with Crippen LogP contribution in [0.1, 0.15) is 4.88 Å². The highest BCUT2D eigenvalue weighted by molar-refractivity contribution is 9.11. The molecule has 19 heavy (non-hydrogen) atoms. The monoisotopic (exact) mass is 362 g/mol. The van der Waals surface area contributed by atoms with Crippen LogP contribution in [0.15, 0.2) is 22.2 Å². The van der Waals surface area contributed by atoms with Gasteiger partial charge in [0.15, 0.2) is 3.92 Å². The number of anilines is 1. The SMILES string of the molecule is CN(Cc1cnc(Br)s1)c1nc(Cl)ccc1[N+](=O)[O-]. The molecule has 0 bridgehead atoms. The lowest BCUT2D eigenvalue weighted by Gasteiger charge is -2.16. The van der Waals surface area contributed by atoms with E-state index >= 15 is 0 Å². The first-order valence-electron chi connectivity index (χ1n) is 5.09. The molecular formula is C10H8BrClN4O2S. The Morgan fingerprint density at radius 2 is 2.32 bits per heavy atom. The van der Waals surface area contributed by atoms with Gasteiger partial charge in [0.2, 0.25) is 5.82 Å². The van der Waals surface area contributed by atoms with Crippen LogP contribution in [0, 0.1) is 10.1 Å². The number of hydrogen-bond acceptors (Lipinski definition) is 6. The maximum atomic E-state index is 11.0. The molecule has 0 N–H and O–H groups in total. The van der Waals surface area contributed by atoms with Crippen LogP contribution in [-0.2, 0) is 6.54 Å². The van der Waals surface area contributed by atoms with Crippen molar-refractivity contribution in [3.8, 4) is 0 Å². The summed E-state index contributed by atoms with van der Waals surface area (Å²) in [7, 11) is 1.72. The van der Waals surface area contributed by atoms with Crippen molar-refractivity contribution < 1.29 is 4.92 Å². The zero-order chi connectivity index (χ0) is 14.0. The van der Waals surface area contributed by atoms with Gasteiger partial charge in [0.05, 0.1) is 11.5 Å². The third kappa shape index (κ3) is 3.40. The minimum absolute atomic E-state index is 0.0736. The van der Waals surface area contributed by atoms with Crippen molar-refractivity contribution in [1.29, 1.82) is 0 Å². The van der Waals surface area contributed by atoms with Gasteiger partial charge in [-0.15, -0.1) is 11.3 Å². The Kier molecular flexibility index (Phi) is 4.33. The van der Waals surface area contributed by atoms with Gasteiger partial charge in [-0.05, 0) is 22.0 Å². The predicted octanol–water partition coefficient (Wildman–Crippen LogP) is 3.50. The van der Waals surface area contributed by atoms with Gasteiger partial charge >= 0.3 is 5.69 Å². The molecular weight excluding hydrogens is 356 g/mol. The summed E-state index contributed by atoms with van der Waals surface area (Å²) < 4.78 is 0.768. The maximum absolute atomic E-state index is 11.0. The third-order valence-electron chi connectivity index (χ3n) is 2.30. The number of nitro groups is 1. The van der Waals surface area contributed by atoms with E-state index in [1.165, 1.54) is 23.5 Å². The Morgan fingerprint density at radius 3 is 2.89 bits per heavy atom. The molecule has 2 aromatic rings. The van der Waals surface area contributed by atoms with E-state index in [1.807, 2.05) is 0 Å². The van der Waals surface area contributed by atoms with E-state index in [-0.39, 0.29) is 16.7 Å². The molecule has 0 aliphatic heterocycles. The summed E-state index contributed by atoms with van der Waals surface area (Å²) in [4.78, 5) is 21.2. The Bertz CT molecular complexity index is 621. The van der Waals surface area contributed by atoms with Crippen molar-refractivity contribution >= 4 is 50.4 Å². The molecule has 6 nitrogen and oxygen atoms in total. The minimum Gasteiger partial charge on any atom is -0.349 e. The van der Waals surface area contributed by atoms with E-state index in [4.69, 9.17) is 11.6 Å². The van der Waals surface area contributed by atoms with E-state index in [0.717, 1.165) is 8.79 Å². The van der Waals surface area contributed by atoms with Crippen LogP contribution in [0.5, 0.6) is 0 Å². The van der Waals surface area contributed by atoms with Crippen LogP contribution in [-0.4, -0.2) is 21.9 Å². The average Bonchev–Trinajstić information content (AvgIpc) is 2.74. The van der Waals surface area contributed by atoms with Crippen molar-refractivity contribution in [3.63, 3.8) is 0 Å². The Balaban J connectivity index is 2.29. The van der Waals surface area contributed by atoms with Gasteiger partial charge in [-0.2, -0.15) is 0 Å². The van der Waals surface area contributed by atoms with E-state index in [0.29, 0.717) is 6.54 Å². The first-order chi connectivity index (χ1) is 8.97. The molecule has 0 aliphatic carbocycles. The van der Waals surface area contributed by atoms with Crippen molar-refractivity contribution in [2.45, 2.75) is 6.54 Å². The first-order valence-corrected chi connectivity index (χ1v) is 7.08. The smallest absolute Gasteiger partial charge is 0.311 e. The lowest BCUT2D eigenvalue weighted by molar-refractivity contribution is -0.384. The summed E-state index contributed by atoms with van der Waals surface area (Å²) in [5.74, 6) is 0.238. The highest BCUT2D eigenvalue weighted by Gasteiger charge is 2.20. The van der Waals surface area contributed by atoms with Crippen LogP contribution in [0.25, 0.3) is 0 Å². The second-order valence-electron chi connectivity index (χ2n) is 3.67. The van der Waals surface area contributed by atoms with E-state index < -0.39 is 4.92 Å². The molecule has 9 heteroatoms. The van der Waals surface area contributed by atoms with Gasteiger partial charge in [0, 0.05) is 24.2 Å². The molecule has 2 heterocycles. The third-order valence-corrected chi connectivity index (χ3v) is 3.97. The molecule has 0 spiro atoms. The topological polar surface area (TPSA) is 72.2 Å². The molecule has 0 aliphatic rings. The molecule has 0 fully saturated rings. The number of hydrogen-bond donors (Lipinski definition) is 0. The van der Waals surface area contributed by atoms with Crippen molar-refractivity contribution in [2.75, 3.05) is 11.9 Å². The van der Waals surface area contributed by atoms with Crippen molar-refractivity contribution in [2.24, 2.45) is 0 Å². The number of nitrogens with zero attached hydrogens (tertiary/aromatic N) is 4. The zero-order valence-electron chi connectivity index (χ0n) is 9.71. The zero-order valence-corrected chi connectivity index (χ0v) is 12.9. The second kappa shape index (κ2) is 5.81. The molecule has 0 amide bonds. The largest absolute Gasteiger partial charge is 0.349 e. The van der Waals surface area contributed by atoms with E-state index in [1.54, 1.807) is 18.1 Å². The Labute approximate surface area is 126 Å². The van der Waals surface area contributed by atoms with Crippen molar-refractivity contribution in [3.05, 3.63) is 42.4 Å². The molecule has 0 saturated carbocycles. The molecule has 0 radical (unpaired) electrons. The number of thiazole rings is 1. The molecule has 0 saturated heterocycles. The lowest BCUT2D eigenvalue weighted by Crippen LogP contribution is -2.18. The normalized spacial score (nSPS) is 10.5. The highest BCUT2D eigenvalue weighted by Crippen LogP contribution is 2.29. The lowest BCUT2D eigenvalue weighted by atomic mass is 10.3. The second-order valence-corrected chi connectivity index (χ2v) is 6.45. The standard InChI is InChI=1S/C10H8BrClN4O2S/c1-15(5-6-4-13-10(11)19-6)9-7(16(17)18)2-3-8(12)14-9/h2-4H,5H2,1H3. The van der Waals surface area contributed by atoms with Crippen LogP contribution >= 0.6 is 38.9 Å². The van der Waals surface area contributed by atoms with Crippen LogP contribution in [0.3, 0.4) is 0 Å². The summed E-state index contributed by atoms with van der Waals surface area (Å²) in [6.45, 7) is 0.470. The predicted molar refractivity (Wildman–Crippen MR) is 77.8 cm³/mol. The van der Waals surface area contributed by atoms with E-state index in [9.17, 15) is 10.1 Å². The summed E-state index contributed by atoms with van der Waals surface area (Å²) in [6.07, 6.45) is 1.71. The Hall–Kier alpha value is -1.25. The van der Waals surface area contributed by atoms with E-state index in [2.05, 4.69) is 25.9 Å². The Morgan fingerprint density at radius 1 is 1.58 bits per heavy atom. The average molecular weight is 364 g/mol. The molecule has 100 valence electrons. The summed E-state index contributed by atoms with van der Waals surface area (Å²) in [5.41, 5.74) is -0.0736. The fourth-order valence-electron chi connectivity index (χ4n) is 1.51. The van der Waals surface area contributed by atoms with Gasteiger partial charge in [-0.3, -0.25) is 10.1 Å². The number of aromatic nitrogens is 2. The summed E-state index contributed by atoms with van der Waals surface area (Å²) >= 11 is 10.5.